The van der Waals surface area contributed by atoms with Gasteiger partial charge in [0.2, 0.25) is 5.91 Å². The highest BCUT2D eigenvalue weighted by molar-refractivity contribution is 5.99. The van der Waals surface area contributed by atoms with E-state index in [-0.39, 0.29) is 18.4 Å². The van der Waals surface area contributed by atoms with Crippen LogP contribution >= 0.6 is 0 Å². The van der Waals surface area contributed by atoms with Crippen molar-refractivity contribution >= 4 is 17.5 Å². The Hall–Kier alpha value is -3.80. The number of ether oxygens (including phenoxy) is 2. The highest BCUT2D eigenvalue weighted by atomic mass is 16.5. The summed E-state index contributed by atoms with van der Waals surface area (Å²) >= 11 is 0. The number of hydrogen-bond donors (Lipinski definition) is 1. The van der Waals surface area contributed by atoms with Gasteiger partial charge in [-0.3, -0.25) is 9.59 Å². The minimum atomic E-state index is -0.300. The zero-order valence-electron chi connectivity index (χ0n) is 16.3. The number of rotatable bonds is 7. The molecule has 0 aromatic heterocycles. The van der Waals surface area contributed by atoms with E-state index in [1.165, 1.54) is 4.90 Å². The highest BCUT2D eigenvalue weighted by Gasteiger charge is 2.16. The van der Waals surface area contributed by atoms with Crippen molar-refractivity contribution in [2.45, 2.75) is 0 Å². The predicted octanol–water partition coefficient (Wildman–Crippen LogP) is 4.20. The summed E-state index contributed by atoms with van der Waals surface area (Å²) in [7, 11) is 3.14. The number of nitrogens with one attached hydrogen (secondary N) is 1. The van der Waals surface area contributed by atoms with E-state index in [1.807, 2.05) is 30.3 Å². The van der Waals surface area contributed by atoms with Crippen LogP contribution in [0.5, 0.6) is 17.2 Å². The van der Waals surface area contributed by atoms with Crippen molar-refractivity contribution in [2.24, 2.45) is 0 Å². The Balaban J connectivity index is 1.62. The Bertz CT molecular complexity index is 989. The summed E-state index contributed by atoms with van der Waals surface area (Å²) in [6.07, 6.45) is 0. The summed E-state index contributed by atoms with van der Waals surface area (Å²) in [5.41, 5.74) is 1.04. The molecule has 0 unspecified atom stereocenters. The molecule has 3 aromatic carbocycles. The Morgan fingerprint density at radius 1 is 0.862 bits per heavy atom. The molecule has 0 fully saturated rings. The Morgan fingerprint density at radius 2 is 1.55 bits per heavy atom. The maximum Gasteiger partial charge on any atom is 0.254 e. The number of hydrogen-bond acceptors (Lipinski definition) is 4. The molecule has 29 heavy (non-hydrogen) atoms. The molecule has 0 radical (unpaired) electrons. The van der Waals surface area contributed by atoms with Crippen molar-refractivity contribution in [3.05, 3.63) is 84.4 Å². The van der Waals surface area contributed by atoms with Gasteiger partial charge in [-0.25, -0.2) is 0 Å². The normalized spacial score (nSPS) is 10.1. The minimum absolute atomic E-state index is 0.0835. The number of amides is 2. The second kappa shape index (κ2) is 9.41. The highest BCUT2D eigenvalue weighted by Crippen LogP contribution is 2.22. The van der Waals surface area contributed by atoms with Crippen LogP contribution in [0.15, 0.2) is 78.9 Å². The van der Waals surface area contributed by atoms with Crippen LogP contribution in [-0.4, -0.2) is 37.4 Å². The Labute approximate surface area is 169 Å². The molecule has 6 nitrogen and oxygen atoms in total. The van der Waals surface area contributed by atoms with Gasteiger partial charge in [0.25, 0.3) is 5.91 Å². The molecule has 6 heteroatoms. The largest absolute Gasteiger partial charge is 0.497 e. The summed E-state index contributed by atoms with van der Waals surface area (Å²) in [5.74, 6) is 1.30. The lowest BCUT2D eigenvalue weighted by Crippen LogP contribution is -2.34. The molecular weight excluding hydrogens is 368 g/mol. The van der Waals surface area contributed by atoms with E-state index in [9.17, 15) is 9.59 Å². The molecule has 0 aliphatic rings. The summed E-state index contributed by atoms with van der Waals surface area (Å²) < 4.78 is 10.9. The van der Waals surface area contributed by atoms with Gasteiger partial charge >= 0.3 is 0 Å². The number of para-hydroxylation sites is 1. The number of anilines is 1. The first kappa shape index (κ1) is 19.9. The number of nitrogens with zero attached hydrogens (tertiary/aromatic N) is 1. The van der Waals surface area contributed by atoms with Gasteiger partial charge in [-0.1, -0.05) is 30.3 Å². The molecule has 0 saturated heterocycles. The smallest absolute Gasteiger partial charge is 0.254 e. The van der Waals surface area contributed by atoms with E-state index in [0.717, 1.165) is 0 Å². The summed E-state index contributed by atoms with van der Waals surface area (Å²) in [6, 6.07) is 23.2. The maximum atomic E-state index is 12.7. The summed E-state index contributed by atoms with van der Waals surface area (Å²) in [6.45, 7) is -0.0835. The third kappa shape index (κ3) is 5.59. The van der Waals surface area contributed by atoms with E-state index in [0.29, 0.717) is 28.5 Å². The van der Waals surface area contributed by atoms with Crippen LogP contribution in [0.4, 0.5) is 5.69 Å². The maximum absolute atomic E-state index is 12.7. The van der Waals surface area contributed by atoms with Crippen LogP contribution in [0, 0.1) is 0 Å². The average Bonchev–Trinajstić information content (AvgIpc) is 2.74. The van der Waals surface area contributed by atoms with Crippen molar-refractivity contribution in [3.63, 3.8) is 0 Å². The fraction of sp³-hybridized carbons (Fsp3) is 0.130. The first-order valence-electron chi connectivity index (χ1n) is 9.07. The zero-order valence-corrected chi connectivity index (χ0v) is 16.3. The predicted molar refractivity (Wildman–Crippen MR) is 112 cm³/mol. The van der Waals surface area contributed by atoms with Gasteiger partial charge in [-0.05, 0) is 42.5 Å². The fourth-order valence-corrected chi connectivity index (χ4v) is 2.73. The number of carbonyl (C=O) groups is 2. The molecule has 0 heterocycles. The van der Waals surface area contributed by atoms with Crippen molar-refractivity contribution in [1.82, 2.24) is 4.90 Å². The first-order chi connectivity index (χ1) is 14.0. The lowest BCUT2D eigenvalue weighted by Gasteiger charge is -2.17. The minimum Gasteiger partial charge on any atom is -0.497 e. The molecule has 1 N–H and O–H groups in total. The molecule has 148 valence electrons. The van der Waals surface area contributed by atoms with Crippen LogP contribution in [0.3, 0.4) is 0 Å². The number of likely N-dealkylation sites (N-methyl/N-ethyl adjacent to an activating group) is 1. The molecule has 0 spiro atoms. The van der Waals surface area contributed by atoms with Crippen LogP contribution < -0.4 is 14.8 Å². The van der Waals surface area contributed by atoms with Gasteiger partial charge in [0.05, 0.1) is 13.7 Å². The van der Waals surface area contributed by atoms with Crippen molar-refractivity contribution in [3.8, 4) is 17.2 Å². The quantitative estimate of drug-likeness (QED) is 0.657. The van der Waals surface area contributed by atoms with Gasteiger partial charge < -0.3 is 19.7 Å². The van der Waals surface area contributed by atoms with Gasteiger partial charge in [-0.15, -0.1) is 0 Å². The zero-order chi connectivity index (χ0) is 20.6. The van der Waals surface area contributed by atoms with Gasteiger partial charge in [0.15, 0.2) is 0 Å². The SMILES string of the molecule is COc1cccc(NC(=O)CN(C)C(=O)c2cccc(Oc3ccccc3)c2)c1. The number of methoxy groups -OCH3 is 1. The third-order valence-corrected chi connectivity index (χ3v) is 4.14. The van der Waals surface area contributed by atoms with Crippen LogP contribution in [0.2, 0.25) is 0 Å². The fourth-order valence-electron chi connectivity index (χ4n) is 2.73. The lowest BCUT2D eigenvalue weighted by atomic mass is 10.2. The molecular formula is C23H22N2O4. The molecule has 0 bridgehead atoms. The number of carbonyl (C=O) groups excluding carboxylic acids is 2. The summed E-state index contributed by atoms with van der Waals surface area (Å²) in [5, 5.41) is 2.76. The van der Waals surface area contributed by atoms with E-state index < -0.39 is 0 Å². The topological polar surface area (TPSA) is 67.9 Å². The van der Waals surface area contributed by atoms with Crippen molar-refractivity contribution < 1.29 is 19.1 Å². The summed E-state index contributed by atoms with van der Waals surface area (Å²) in [4.78, 5) is 26.4. The van der Waals surface area contributed by atoms with Crippen LogP contribution in [0.25, 0.3) is 0 Å². The molecule has 0 aliphatic carbocycles. The monoisotopic (exact) mass is 390 g/mol. The first-order valence-corrected chi connectivity index (χ1v) is 9.07. The third-order valence-electron chi connectivity index (χ3n) is 4.14. The van der Waals surface area contributed by atoms with Crippen LogP contribution in [0.1, 0.15) is 10.4 Å². The molecule has 0 saturated carbocycles. The van der Waals surface area contributed by atoms with Crippen molar-refractivity contribution in [2.75, 3.05) is 26.0 Å². The Kier molecular flexibility index (Phi) is 6.47. The second-order valence-electron chi connectivity index (χ2n) is 6.38. The molecule has 0 atom stereocenters. The van der Waals surface area contributed by atoms with E-state index in [2.05, 4.69) is 5.32 Å². The van der Waals surface area contributed by atoms with Crippen molar-refractivity contribution in [1.29, 1.82) is 0 Å². The lowest BCUT2D eigenvalue weighted by molar-refractivity contribution is -0.116. The average molecular weight is 390 g/mol. The van der Waals surface area contributed by atoms with E-state index >= 15 is 0 Å². The molecule has 3 rings (SSSR count). The van der Waals surface area contributed by atoms with Crippen LogP contribution in [-0.2, 0) is 4.79 Å². The number of benzene rings is 3. The molecule has 0 aliphatic heterocycles. The standard InChI is InChI=1S/C23H22N2O4/c1-25(16-22(26)24-18-9-7-12-20(15-18)28-2)23(27)17-8-6-13-21(14-17)29-19-10-4-3-5-11-19/h3-15H,16H2,1-2H3,(H,24,26). The van der Waals surface area contributed by atoms with Gasteiger partial charge in [0, 0.05) is 24.4 Å². The molecule has 2 amide bonds. The van der Waals surface area contributed by atoms with Gasteiger partial charge in [0.1, 0.15) is 17.2 Å². The second-order valence-corrected chi connectivity index (χ2v) is 6.38. The van der Waals surface area contributed by atoms with E-state index in [1.54, 1.807) is 62.7 Å². The van der Waals surface area contributed by atoms with Gasteiger partial charge in [-0.2, -0.15) is 0 Å². The Morgan fingerprint density at radius 3 is 2.31 bits per heavy atom. The van der Waals surface area contributed by atoms with E-state index in [4.69, 9.17) is 9.47 Å². The molecule has 3 aromatic rings.